The Morgan fingerprint density at radius 1 is 0.426 bits per heavy atom. The van der Waals surface area contributed by atoms with Gasteiger partial charge >= 0.3 is 0 Å². The molecule has 0 bridgehead atoms. The van der Waals surface area contributed by atoms with Crippen LogP contribution in [0.4, 0.5) is 0 Å². The summed E-state index contributed by atoms with van der Waals surface area (Å²) in [4.78, 5) is 10.4. The maximum atomic E-state index is 5.25. The molecule has 7 aromatic carbocycles. The molecule has 0 aliphatic carbocycles. The van der Waals surface area contributed by atoms with E-state index in [4.69, 9.17) is 9.97 Å². The van der Waals surface area contributed by atoms with Gasteiger partial charge in [-0.05, 0) is 93.7 Å². The van der Waals surface area contributed by atoms with Crippen molar-refractivity contribution in [2.45, 2.75) is 6.92 Å². The normalized spacial score (nSPS) is 12.4. The van der Waals surface area contributed by atoms with Crippen LogP contribution in [0.5, 0.6) is 0 Å². The summed E-state index contributed by atoms with van der Waals surface area (Å²) in [7, 11) is 0. The molecule has 0 N–H and O–H groups in total. The number of fused-ring (bicyclic) bond motifs is 18. The summed E-state index contributed by atoms with van der Waals surface area (Å²) in [5.74, 6) is 0. The molecule has 4 heteroatoms. The lowest BCUT2D eigenvalue weighted by molar-refractivity contribution is 1.31. The third kappa shape index (κ3) is 3.26. The van der Waals surface area contributed by atoms with Crippen LogP contribution >= 0.6 is 0 Å². The number of rotatable bonds is 1. The summed E-state index contributed by atoms with van der Waals surface area (Å²) in [5.41, 5.74) is 12.2. The Morgan fingerprint density at radius 3 is 1.87 bits per heavy atom. The van der Waals surface area contributed by atoms with E-state index in [1.807, 2.05) is 0 Å². The largest absolute Gasteiger partial charge is 0.292 e. The summed E-state index contributed by atoms with van der Waals surface area (Å²) in [6, 6.07) is 50.4. The molecule has 0 spiro atoms. The first-order chi connectivity index (χ1) is 23.2. The van der Waals surface area contributed by atoms with E-state index in [-0.39, 0.29) is 0 Å². The van der Waals surface area contributed by atoms with Crippen LogP contribution in [0.3, 0.4) is 0 Å². The second-order valence-corrected chi connectivity index (χ2v) is 12.7. The van der Waals surface area contributed by atoms with Gasteiger partial charge in [-0.3, -0.25) is 8.80 Å². The van der Waals surface area contributed by atoms with Crippen LogP contribution in [0.1, 0.15) is 5.56 Å². The van der Waals surface area contributed by atoms with Gasteiger partial charge in [0.05, 0.1) is 33.1 Å². The van der Waals surface area contributed by atoms with Crippen molar-refractivity contribution in [3.05, 3.63) is 145 Å². The van der Waals surface area contributed by atoms with Crippen molar-refractivity contribution in [1.82, 2.24) is 18.8 Å². The van der Waals surface area contributed by atoms with Crippen LogP contribution in [0.25, 0.3) is 98.6 Å². The van der Waals surface area contributed by atoms with Gasteiger partial charge in [0, 0.05) is 21.5 Å². The van der Waals surface area contributed by atoms with Crippen LogP contribution in [-0.2, 0) is 0 Å². The van der Waals surface area contributed by atoms with Crippen LogP contribution in [0.15, 0.2) is 140 Å². The van der Waals surface area contributed by atoms with Gasteiger partial charge in [0.1, 0.15) is 11.3 Å². The van der Waals surface area contributed by atoms with Crippen LogP contribution < -0.4 is 0 Å². The van der Waals surface area contributed by atoms with E-state index in [9.17, 15) is 0 Å². The molecule has 11 rings (SSSR count). The predicted molar refractivity (Wildman–Crippen MR) is 197 cm³/mol. The molecule has 4 aromatic heterocycles. The Bertz CT molecular complexity index is 3140. The standard InChI is InChI=1S/C43H26N4/c1-25-22-33-31-21-18-26-10-2-3-11-28(26)41(31)43-45-36-14-6-9-17-39(36)47(43)40(33)24-32(25)27-19-20-29-30-12-4-7-15-37(30)46-38-16-8-5-13-35(38)44-42(46)34(29)23-27/h2-24H,1H3. The fourth-order valence-electron chi connectivity index (χ4n) is 8.06. The van der Waals surface area contributed by atoms with Gasteiger partial charge in [-0.2, -0.15) is 0 Å². The third-order valence-electron chi connectivity index (χ3n) is 10.2. The Morgan fingerprint density at radius 2 is 1.06 bits per heavy atom. The summed E-state index contributed by atoms with van der Waals surface area (Å²) in [5, 5.41) is 9.71. The number of nitrogens with zero attached hydrogens (tertiary/aromatic N) is 4. The molecule has 0 radical (unpaired) electrons. The van der Waals surface area contributed by atoms with E-state index in [0.717, 1.165) is 44.3 Å². The molecule has 47 heavy (non-hydrogen) atoms. The monoisotopic (exact) mass is 598 g/mol. The van der Waals surface area contributed by atoms with Gasteiger partial charge in [-0.25, -0.2) is 9.97 Å². The highest BCUT2D eigenvalue weighted by atomic mass is 15.0. The number of aromatic nitrogens is 4. The zero-order valence-corrected chi connectivity index (χ0v) is 25.6. The quantitative estimate of drug-likeness (QED) is 0.176. The number of benzene rings is 7. The maximum absolute atomic E-state index is 5.25. The second-order valence-electron chi connectivity index (χ2n) is 12.7. The van der Waals surface area contributed by atoms with Gasteiger partial charge < -0.3 is 0 Å². The lowest BCUT2D eigenvalue weighted by atomic mass is 9.93. The molecule has 4 nitrogen and oxygen atoms in total. The van der Waals surface area contributed by atoms with Crippen molar-refractivity contribution in [2.75, 3.05) is 0 Å². The van der Waals surface area contributed by atoms with Crippen molar-refractivity contribution in [2.24, 2.45) is 0 Å². The third-order valence-corrected chi connectivity index (χ3v) is 10.2. The molecular weight excluding hydrogens is 573 g/mol. The van der Waals surface area contributed by atoms with E-state index in [0.29, 0.717) is 0 Å². The average molecular weight is 599 g/mol. The molecular formula is C43H26N4. The number of imidazole rings is 2. The van der Waals surface area contributed by atoms with Crippen molar-refractivity contribution in [3.63, 3.8) is 0 Å². The van der Waals surface area contributed by atoms with Crippen molar-refractivity contribution < 1.29 is 0 Å². The molecule has 0 atom stereocenters. The minimum Gasteiger partial charge on any atom is -0.292 e. The van der Waals surface area contributed by atoms with Gasteiger partial charge in [0.25, 0.3) is 0 Å². The van der Waals surface area contributed by atoms with Gasteiger partial charge in [-0.15, -0.1) is 0 Å². The number of aryl methyl sites for hydroxylation is 1. The molecule has 0 aliphatic rings. The van der Waals surface area contributed by atoms with Gasteiger partial charge in [0.2, 0.25) is 0 Å². The lowest BCUT2D eigenvalue weighted by Crippen LogP contribution is -1.95. The highest BCUT2D eigenvalue weighted by Crippen LogP contribution is 2.41. The van der Waals surface area contributed by atoms with E-state index >= 15 is 0 Å². The van der Waals surface area contributed by atoms with E-state index in [1.165, 1.54) is 59.9 Å². The summed E-state index contributed by atoms with van der Waals surface area (Å²) >= 11 is 0. The smallest absolute Gasteiger partial charge is 0.147 e. The molecule has 218 valence electrons. The second kappa shape index (κ2) is 8.93. The Kier molecular flexibility index (Phi) is 4.75. The van der Waals surface area contributed by atoms with E-state index in [2.05, 4.69) is 155 Å². The number of para-hydroxylation sites is 5. The minimum absolute atomic E-state index is 0.987. The van der Waals surface area contributed by atoms with Crippen LogP contribution in [-0.4, -0.2) is 18.8 Å². The first-order valence-electron chi connectivity index (χ1n) is 16.1. The fraction of sp³-hybridized carbons (Fsp3) is 0.0233. The molecule has 0 saturated carbocycles. The number of pyridine rings is 2. The minimum atomic E-state index is 0.987. The molecule has 11 aromatic rings. The van der Waals surface area contributed by atoms with E-state index in [1.54, 1.807) is 0 Å². The summed E-state index contributed by atoms with van der Waals surface area (Å²) in [6.07, 6.45) is 0. The SMILES string of the molecule is Cc1cc2c3ccc4ccccc4c3c3nc4ccccc4n3c2cc1-c1ccc2c3ccccc3n3c4ccccc4nc3c2c1. The van der Waals surface area contributed by atoms with Crippen molar-refractivity contribution >= 4 is 87.5 Å². The molecule has 4 heterocycles. The van der Waals surface area contributed by atoms with Gasteiger partial charge in [-0.1, -0.05) is 91.0 Å². The average Bonchev–Trinajstić information content (AvgIpc) is 3.71. The molecule has 0 saturated heterocycles. The maximum Gasteiger partial charge on any atom is 0.147 e. The zero-order valence-electron chi connectivity index (χ0n) is 25.6. The zero-order chi connectivity index (χ0) is 30.8. The summed E-state index contributed by atoms with van der Waals surface area (Å²) in [6.45, 7) is 2.24. The first kappa shape index (κ1) is 25.0. The highest BCUT2D eigenvalue weighted by Gasteiger charge is 2.19. The number of hydrogen-bond donors (Lipinski definition) is 0. The predicted octanol–water partition coefficient (Wildman–Crippen LogP) is 11.0. The van der Waals surface area contributed by atoms with Crippen LogP contribution in [0.2, 0.25) is 0 Å². The molecule has 0 unspecified atom stereocenters. The lowest BCUT2D eigenvalue weighted by Gasteiger charge is -2.16. The molecule has 0 aliphatic heterocycles. The first-order valence-corrected chi connectivity index (χ1v) is 16.1. The fourth-order valence-corrected chi connectivity index (χ4v) is 8.06. The van der Waals surface area contributed by atoms with Crippen LogP contribution in [0, 0.1) is 6.92 Å². The summed E-state index contributed by atoms with van der Waals surface area (Å²) < 4.78 is 4.69. The Hall–Kier alpha value is -6.26. The molecule has 0 fully saturated rings. The van der Waals surface area contributed by atoms with Gasteiger partial charge in [0.15, 0.2) is 0 Å². The highest BCUT2D eigenvalue weighted by molar-refractivity contribution is 6.23. The molecule has 0 amide bonds. The van der Waals surface area contributed by atoms with E-state index < -0.39 is 0 Å². The van der Waals surface area contributed by atoms with Crippen molar-refractivity contribution in [3.8, 4) is 11.1 Å². The topological polar surface area (TPSA) is 34.6 Å². The number of hydrogen-bond acceptors (Lipinski definition) is 2. The van der Waals surface area contributed by atoms with Crippen molar-refractivity contribution in [1.29, 1.82) is 0 Å². The Balaban J connectivity index is 1.28. The Labute approximate surface area is 268 Å².